The lowest BCUT2D eigenvalue weighted by molar-refractivity contribution is -0.124. The fourth-order valence-electron chi connectivity index (χ4n) is 4.30. The minimum absolute atomic E-state index is 0.135. The van der Waals surface area contributed by atoms with Crippen LogP contribution in [0.2, 0.25) is 0 Å². The summed E-state index contributed by atoms with van der Waals surface area (Å²) >= 11 is 0. The van der Waals surface area contributed by atoms with Gasteiger partial charge in [-0.25, -0.2) is 13.2 Å². The lowest BCUT2D eigenvalue weighted by atomic mass is 9.89. The summed E-state index contributed by atoms with van der Waals surface area (Å²) in [6.07, 6.45) is 5.20. The number of fused-ring (bicyclic) bond motifs is 1. The number of aryl methyl sites for hydroxylation is 2. The standard InChI is InChI=1S/C24H28N2O5S/c1-17(20-8-7-18-5-2-3-6-21(18)15-20)25-23(27)16-31-24(28)19-9-11-22(12-10-19)26-13-4-14-32(26,29)30/h7-12,15,17H,2-6,13-14,16H2,1H3,(H,25,27). The number of rotatable bonds is 6. The maximum absolute atomic E-state index is 12.3. The number of nitrogens with zero attached hydrogens (tertiary/aromatic N) is 1. The first-order valence-corrected chi connectivity index (χ1v) is 12.6. The van der Waals surface area contributed by atoms with Gasteiger partial charge in [-0.2, -0.15) is 0 Å². The van der Waals surface area contributed by atoms with Crippen LogP contribution in [0.15, 0.2) is 42.5 Å². The highest BCUT2D eigenvalue weighted by Gasteiger charge is 2.28. The van der Waals surface area contributed by atoms with Gasteiger partial charge in [0.15, 0.2) is 6.61 Å². The van der Waals surface area contributed by atoms with E-state index in [0.717, 1.165) is 18.4 Å². The second-order valence-electron chi connectivity index (χ2n) is 8.39. The number of nitrogens with one attached hydrogen (secondary N) is 1. The van der Waals surface area contributed by atoms with Crippen molar-refractivity contribution in [2.75, 3.05) is 23.2 Å². The van der Waals surface area contributed by atoms with E-state index in [1.807, 2.05) is 13.0 Å². The molecule has 4 rings (SSSR count). The summed E-state index contributed by atoms with van der Waals surface area (Å²) < 4.78 is 30.5. The molecule has 1 unspecified atom stereocenters. The number of hydrogen-bond donors (Lipinski definition) is 1. The van der Waals surface area contributed by atoms with Crippen molar-refractivity contribution >= 4 is 27.6 Å². The number of carbonyl (C=O) groups excluding carboxylic acids is 2. The molecule has 0 spiro atoms. The number of amides is 1. The molecule has 0 bridgehead atoms. The summed E-state index contributed by atoms with van der Waals surface area (Å²) in [6.45, 7) is 1.97. The first-order valence-electron chi connectivity index (χ1n) is 11.0. The third-order valence-corrected chi connectivity index (χ3v) is 7.94. The monoisotopic (exact) mass is 456 g/mol. The van der Waals surface area contributed by atoms with Crippen molar-refractivity contribution in [3.8, 4) is 0 Å². The van der Waals surface area contributed by atoms with Crippen LogP contribution in [-0.2, 0) is 32.4 Å². The molecule has 1 aliphatic heterocycles. The van der Waals surface area contributed by atoms with Gasteiger partial charge in [-0.3, -0.25) is 9.10 Å². The van der Waals surface area contributed by atoms with Gasteiger partial charge in [-0.1, -0.05) is 18.2 Å². The van der Waals surface area contributed by atoms with Crippen molar-refractivity contribution in [1.82, 2.24) is 5.32 Å². The SMILES string of the molecule is CC(NC(=O)COC(=O)c1ccc(N2CCCS2(=O)=O)cc1)c1ccc2c(c1)CCCC2. The molecular weight excluding hydrogens is 428 g/mol. The summed E-state index contributed by atoms with van der Waals surface area (Å²) in [5.74, 6) is -0.865. The van der Waals surface area contributed by atoms with Gasteiger partial charge in [-0.05, 0) is 80.0 Å². The molecule has 0 aromatic heterocycles. The van der Waals surface area contributed by atoms with Crippen molar-refractivity contribution in [2.24, 2.45) is 0 Å². The second-order valence-corrected chi connectivity index (χ2v) is 10.4. The molecule has 1 N–H and O–H groups in total. The largest absolute Gasteiger partial charge is 0.452 e. The van der Waals surface area contributed by atoms with E-state index >= 15 is 0 Å². The predicted octanol–water partition coefficient (Wildman–Crippen LogP) is 3.14. The Balaban J connectivity index is 1.29. The van der Waals surface area contributed by atoms with Gasteiger partial charge in [0, 0.05) is 6.54 Å². The Morgan fingerprint density at radius 2 is 1.75 bits per heavy atom. The first-order chi connectivity index (χ1) is 15.3. The highest BCUT2D eigenvalue weighted by Crippen LogP contribution is 2.25. The van der Waals surface area contributed by atoms with E-state index in [9.17, 15) is 18.0 Å². The van der Waals surface area contributed by atoms with Crippen LogP contribution in [0.5, 0.6) is 0 Å². The molecule has 7 nitrogen and oxygen atoms in total. The number of esters is 1. The van der Waals surface area contributed by atoms with E-state index < -0.39 is 16.0 Å². The maximum atomic E-state index is 12.3. The quantitative estimate of drug-likeness (QED) is 0.674. The van der Waals surface area contributed by atoms with Crippen LogP contribution in [0, 0.1) is 0 Å². The van der Waals surface area contributed by atoms with Crippen molar-refractivity contribution in [3.05, 3.63) is 64.7 Å². The molecule has 2 aliphatic rings. The third-order valence-electron chi connectivity index (χ3n) is 6.07. The van der Waals surface area contributed by atoms with Crippen molar-refractivity contribution < 1.29 is 22.7 Å². The number of benzene rings is 2. The van der Waals surface area contributed by atoms with Gasteiger partial charge in [-0.15, -0.1) is 0 Å². The van der Waals surface area contributed by atoms with Crippen LogP contribution < -0.4 is 9.62 Å². The number of carbonyl (C=O) groups is 2. The van der Waals surface area contributed by atoms with Crippen LogP contribution in [0.4, 0.5) is 5.69 Å². The van der Waals surface area contributed by atoms with Crippen molar-refractivity contribution in [3.63, 3.8) is 0 Å². The van der Waals surface area contributed by atoms with Gasteiger partial charge in [0.05, 0.1) is 23.0 Å². The Morgan fingerprint density at radius 1 is 1.03 bits per heavy atom. The van der Waals surface area contributed by atoms with E-state index in [1.165, 1.54) is 40.4 Å². The summed E-state index contributed by atoms with van der Waals surface area (Å²) in [7, 11) is -3.27. The summed E-state index contributed by atoms with van der Waals surface area (Å²) in [5.41, 5.74) is 4.57. The van der Waals surface area contributed by atoms with Crippen LogP contribution in [-0.4, -0.2) is 39.2 Å². The molecule has 1 heterocycles. The molecule has 1 fully saturated rings. The molecule has 170 valence electrons. The molecule has 1 aliphatic carbocycles. The molecule has 32 heavy (non-hydrogen) atoms. The van der Waals surface area contributed by atoms with E-state index in [4.69, 9.17) is 4.74 Å². The normalized spacial score (nSPS) is 18.0. The fraction of sp³-hybridized carbons (Fsp3) is 0.417. The molecule has 0 radical (unpaired) electrons. The zero-order valence-corrected chi connectivity index (χ0v) is 19.0. The summed E-state index contributed by atoms with van der Waals surface area (Å²) in [6, 6.07) is 12.4. The molecule has 1 atom stereocenters. The lowest BCUT2D eigenvalue weighted by Crippen LogP contribution is -2.31. The first kappa shape index (κ1) is 22.3. The van der Waals surface area contributed by atoms with E-state index in [2.05, 4.69) is 17.4 Å². The Bertz CT molecular complexity index is 1110. The predicted molar refractivity (Wildman–Crippen MR) is 122 cm³/mol. The molecule has 0 saturated carbocycles. The van der Waals surface area contributed by atoms with Gasteiger partial charge < -0.3 is 10.1 Å². The number of hydrogen-bond acceptors (Lipinski definition) is 5. The van der Waals surface area contributed by atoms with Gasteiger partial charge in [0.2, 0.25) is 10.0 Å². The minimum Gasteiger partial charge on any atom is -0.452 e. The number of anilines is 1. The average Bonchev–Trinajstić information content (AvgIpc) is 3.16. The smallest absolute Gasteiger partial charge is 0.338 e. The number of sulfonamides is 1. The van der Waals surface area contributed by atoms with Crippen molar-refractivity contribution in [2.45, 2.75) is 45.1 Å². The van der Waals surface area contributed by atoms with E-state index in [1.54, 1.807) is 12.1 Å². The Kier molecular flexibility index (Phi) is 6.50. The fourth-order valence-corrected chi connectivity index (χ4v) is 5.86. The molecule has 1 saturated heterocycles. The molecular formula is C24H28N2O5S. The average molecular weight is 457 g/mol. The molecule has 1 amide bonds. The summed E-state index contributed by atoms with van der Waals surface area (Å²) in [4.78, 5) is 24.6. The van der Waals surface area contributed by atoms with Gasteiger partial charge in [0.1, 0.15) is 0 Å². The van der Waals surface area contributed by atoms with Crippen LogP contribution >= 0.6 is 0 Å². The maximum Gasteiger partial charge on any atom is 0.338 e. The third kappa shape index (κ3) is 4.96. The van der Waals surface area contributed by atoms with E-state index in [-0.39, 0.29) is 29.9 Å². The van der Waals surface area contributed by atoms with Crippen molar-refractivity contribution in [1.29, 1.82) is 0 Å². The van der Waals surface area contributed by atoms with Crippen LogP contribution in [0.1, 0.15) is 59.3 Å². The van der Waals surface area contributed by atoms with Gasteiger partial charge >= 0.3 is 5.97 Å². The number of ether oxygens (including phenoxy) is 1. The Hall–Kier alpha value is -2.87. The molecule has 8 heteroatoms. The lowest BCUT2D eigenvalue weighted by Gasteiger charge is -2.20. The van der Waals surface area contributed by atoms with E-state index in [0.29, 0.717) is 18.7 Å². The molecule has 2 aromatic rings. The Labute approximate surface area is 188 Å². The Morgan fingerprint density at radius 3 is 2.44 bits per heavy atom. The van der Waals surface area contributed by atoms with Crippen LogP contribution in [0.3, 0.4) is 0 Å². The van der Waals surface area contributed by atoms with Gasteiger partial charge in [0.25, 0.3) is 5.91 Å². The highest BCUT2D eigenvalue weighted by atomic mass is 32.2. The zero-order chi connectivity index (χ0) is 22.7. The summed E-state index contributed by atoms with van der Waals surface area (Å²) in [5, 5.41) is 2.88. The highest BCUT2D eigenvalue weighted by molar-refractivity contribution is 7.93. The topological polar surface area (TPSA) is 92.8 Å². The molecule has 2 aromatic carbocycles. The van der Waals surface area contributed by atoms with Crippen LogP contribution in [0.25, 0.3) is 0 Å². The zero-order valence-electron chi connectivity index (χ0n) is 18.2. The minimum atomic E-state index is -3.27. The second kappa shape index (κ2) is 9.32.